The zero-order valence-electron chi connectivity index (χ0n) is 24.1. The van der Waals surface area contributed by atoms with Crippen LogP contribution >= 0.6 is 0 Å². The first-order chi connectivity index (χ1) is 21.0. The number of urea groups is 1. The van der Waals surface area contributed by atoms with Gasteiger partial charge in [0, 0.05) is 67.8 Å². The van der Waals surface area contributed by atoms with Crippen molar-refractivity contribution in [3.05, 3.63) is 54.1 Å². The summed E-state index contributed by atoms with van der Waals surface area (Å²) in [4.78, 5) is 45.9. The lowest BCUT2D eigenvalue weighted by Crippen LogP contribution is -2.42. The molecule has 3 aliphatic rings. The summed E-state index contributed by atoms with van der Waals surface area (Å²) < 4.78 is 11.0. The van der Waals surface area contributed by atoms with Crippen molar-refractivity contribution >= 4 is 35.2 Å². The number of morpholine rings is 2. The molecule has 0 aliphatic carbocycles. The minimum absolute atomic E-state index is 0.0182. The second kappa shape index (κ2) is 13.3. The van der Waals surface area contributed by atoms with Gasteiger partial charge in [0.05, 0.1) is 26.4 Å². The van der Waals surface area contributed by atoms with Crippen LogP contribution in [0.2, 0.25) is 0 Å². The quantitative estimate of drug-likeness (QED) is 0.392. The summed E-state index contributed by atoms with van der Waals surface area (Å²) in [6.07, 6.45) is 1.63. The molecule has 0 atom stereocenters. The van der Waals surface area contributed by atoms with E-state index in [1.165, 1.54) is 0 Å². The van der Waals surface area contributed by atoms with Gasteiger partial charge in [0.15, 0.2) is 5.82 Å². The molecule has 3 fully saturated rings. The van der Waals surface area contributed by atoms with Crippen molar-refractivity contribution in [2.75, 3.05) is 86.1 Å². The summed E-state index contributed by atoms with van der Waals surface area (Å²) in [6, 6.07) is 14.1. The summed E-state index contributed by atoms with van der Waals surface area (Å²) >= 11 is 0. The number of carbonyl (C=O) groups is 2. The number of anilines is 4. The van der Waals surface area contributed by atoms with E-state index in [1.807, 2.05) is 29.2 Å². The molecule has 2 aromatic carbocycles. The highest BCUT2D eigenvalue weighted by molar-refractivity contribution is 6.00. The Morgan fingerprint density at radius 2 is 1.19 bits per heavy atom. The lowest BCUT2D eigenvalue weighted by atomic mass is 10.0. The number of nitrogens with zero attached hydrogens (tertiary/aromatic N) is 6. The number of ether oxygens (including phenoxy) is 2. The molecule has 13 heteroatoms. The number of aromatic nitrogens is 3. The van der Waals surface area contributed by atoms with E-state index in [1.54, 1.807) is 24.3 Å². The Balaban J connectivity index is 1.10. The minimum Gasteiger partial charge on any atom is -0.378 e. The first-order valence-corrected chi connectivity index (χ1v) is 14.8. The highest BCUT2D eigenvalue weighted by atomic mass is 16.5. The van der Waals surface area contributed by atoms with E-state index in [2.05, 4.69) is 20.4 Å². The topological polar surface area (TPSA) is 151 Å². The van der Waals surface area contributed by atoms with Crippen LogP contribution in [0.15, 0.2) is 48.5 Å². The molecule has 226 valence electrons. The third-order valence-corrected chi connectivity index (χ3v) is 7.82. The Hall–Kier alpha value is -4.33. The van der Waals surface area contributed by atoms with Gasteiger partial charge in [-0.05, 0) is 61.4 Å². The third-order valence-electron chi connectivity index (χ3n) is 7.82. The number of likely N-dealkylation sites (tertiary alicyclic amines) is 1. The number of amides is 3. The predicted molar refractivity (Wildman–Crippen MR) is 164 cm³/mol. The maximum Gasteiger partial charge on any atom is 0.323 e. The molecule has 13 nitrogen and oxygen atoms in total. The highest BCUT2D eigenvalue weighted by Gasteiger charge is 2.23. The molecule has 3 saturated heterocycles. The smallest absolute Gasteiger partial charge is 0.323 e. The fourth-order valence-corrected chi connectivity index (χ4v) is 5.27. The summed E-state index contributed by atoms with van der Waals surface area (Å²) in [5.74, 6) is 1.81. The molecule has 1 aromatic heterocycles. The fraction of sp³-hybridized carbons (Fsp3) is 0.433. The van der Waals surface area contributed by atoms with Crippen molar-refractivity contribution in [2.24, 2.45) is 5.73 Å². The predicted octanol–water partition coefficient (Wildman–Crippen LogP) is 2.42. The zero-order valence-corrected chi connectivity index (χ0v) is 24.1. The average Bonchev–Trinajstić information content (AvgIpc) is 3.06. The second-order valence-electron chi connectivity index (χ2n) is 10.8. The van der Waals surface area contributed by atoms with Crippen LogP contribution in [0.25, 0.3) is 11.4 Å². The molecule has 0 saturated carbocycles. The Morgan fingerprint density at radius 1 is 0.698 bits per heavy atom. The van der Waals surface area contributed by atoms with E-state index in [-0.39, 0.29) is 18.0 Å². The van der Waals surface area contributed by atoms with E-state index in [0.717, 1.165) is 44.6 Å². The van der Waals surface area contributed by atoms with Gasteiger partial charge < -0.3 is 40.5 Å². The number of rotatable bonds is 6. The summed E-state index contributed by atoms with van der Waals surface area (Å²) in [7, 11) is 0. The maximum atomic E-state index is 12.8. The van der Waals surface area contributed by atoms with Crippen molar-refractivity contribution in [1.82, 2.24) is 19.9 Å². The van der Waals surface area contributed by atoms with Crippen LogP contribution in [0.1, 0.15) is 23.2 Å². The number of nitrogens with one attached hydrogen (secondary N) is 2. The Morgan fingerprint density at radius 3 is 1.70 bits per heavy atom. The van der Waals surface area contributed by atoms with Crippen molar-refractivity contribution in [1.29, 1.82) is 0 Å². The van der Waals surface area contributed by atoms with Gasteiger partial charge in [-0.25, -0.2) is 4.79 Å². The second-order valence-corrected chi connectivity index (χ2v) is 10.8. The van der Waals surface area contributed by atoms with E-state index in [4.69, 9.17) is 30.2 Å². The van der Waals surface area contributed by atoms with Crippen LogP contribution < -0.4 is 26.2 Å². The van der Waals surface area contributed by atoms with Crippen LogP contribution in [-0.4, -0.2) is 104 Å². The van der Waals surface area contributed by atoms with Gasteiger partial charge in [0.1, 0.15) is 0 Å². The average molecular weight is 588 g/mol. The van der Waals surface area contributed by atoms with Crippen LogP contribution in [0, 0.1) is 0 Å². The first-order valence-electron chi connectivity index (χ1n) is 14.8. The lowest BCUT2D eigenvalue weighted by Gasteiger charge is -2.30. The van der Waals surface area contributed by atoms with Crippen molar-refractivity contribution in [3.63, 3.8) is 0 Å². The van der Waals surface area contributed by atoms with Crippen LogP contribution in [0.3, 0.4) is 0 Å². The van der Waals surface area contributed by atoms with Gasteiger partial charge >= 0.3 is 6.03 Å². The molecule has 4 heterocycles. The molecule has 3 amide bonds. The van der Waals surface area contributed by atoms with Crippen LogP contribution in [0.5, 0.6) is 0 Å². The van der Waals surface area contributed by atoms with Gasteiger partial charge in [-0.3, -0.25) is 4.79 Å². The molecule has 0 spiro atoms. The number of carbonyl (C=O) groups excluding carboxylic acids is 2. The minimum atomic E-state index is -0.388. The Labute approximate surface area is 250 Å². The number of nitrogens with two attached hydrogens (primary N) is 1. The molecule has 43 heavy (non-hydrogen) atoms. The van der Waals surface area contributed by atoms with Gasteiger partial charge in [0.2, 0.25) is 11.9 Å². The van der Waals surface area contributed by atoms with Gasteiger partial charge in [-0.2, -0.15) is 15.0 Å². The molecule has 0 bridgehead atoms. The fourth-order valence-electron chi connectivity index (χ4n) is 5.27. The first kappa shape index (κ1) is 28.8. The van der Waals surface area contributed by atoms with Crippen LogP contribution in [0.4, 0.5) is 28.1 Å². The number of hydrogen-bond acceptors (Lipinski definition) is 10. The molecule has 6 rings (SSSR count). The molecular formula is C30H37N9O4. The molecule has 0 unspecified atom stereocenters. The third kappa shape index (κ3) is 7.19. The number of piperidine rings is 1. The van der Waals surface area contributed by atoms with Crippen molar-refractivity contribution in [2.45, 2.75) is 18.9 Å². The van der Waals surface area contributed by atoms with E-state index in [9.17, 15) is 9.59 Å². The highest BCUT2D eigenvalue weighted by Crippen LogP contribution is 2.24. The molecular weight excluding hydrogens is 550 g/mol. The SMILES string of the molecule is NC1CCN(C(=O)c2ccc(NC(=O)Nc3ccc(-c4nc(N5CCOCC5)nc(N5CCOCC5)n4)cc3)cc2)CC1. The van der Waals surface area contributed by atoms with Gasteiger partial charge in [-0.1, -0.05) is 0 Å². The monoisotopic (exact) mass is 587 g/mol. The van der Waals surface area contributed by atoms with E-state index < -0.39 is 0 Å². The van der Waals surface area contributed by atoms with E-state index >= 15 is 0 Å². The van der Waals surface area contributed by atoms with Crippen molar-refractivity contribution < 1.29 is 19.1 Å². The Bertz CT molecular complexity index is 1360. The molecule has 0 radical (unpaired) electrons. The summed E-state index contributed by atoms with van der Waals surface area (Å²) in [5.41, 5.74) is 8.56. The molecule has 3 aromatic rings. The summed E-state index contributed by atoms with van der Waals surface area (Å²) in [5, 5.41) is 5.67. The number of hydrogen-bond donors (Lipinski definition) is 3. The maximum absolute atomic E-state index is 12.8. The summed E-state index contributed by atoms with van der Waals surface area (Å²) in [6.45, 7) is 6.73. The van der Waals surface area contributed by atoms with Gasteiger partial charge in [0.25, 0.3) is 5.91 Å². The zero-order chi connectivity index (χ0) is 29.6. The Kier molecular flexibility index (Phi) is 8.91. The molecule has 3 aliphatic heterocycles. The lowest BCUT2D eigenvalue weighted by molar-refractivity contribution is 0.0714. The number of benzene rings is 2. The van der Waals surface area contributed by atoms with E-state index in [0.29, 0.717) is 74.2 Å². The molecule has 4 N–H and O–H groups in total. The van der Waals surface area contributed by atoms with Crippen LogP contribution in [-0.2, 0) is 9.47 Å². The standard InChI is InChI=1S/C30H37N9O4/c31-23-9-11-37(12-10-23)27(40)22-3-7-25(8-4-22)33-30(41)32-24-5-1-21(2-6-24)26-34-28(38-13-17-42-18-14-38)36-29(35-26)39-15-19-43-20-16-39/h1-8,23H,9-20,31H2,(H2,32,33,41). The van der Waals surface area contributed by atoms with Crippen molar-refractivity contribution in [3.8, 4) is 11.4 Å². The largest absolute Gasteiger partial charge is 0.378 e. The van der Waals surface area contributed by atoms with Gasteiger partial charge in [-0.15, -0.1) is 0 Å². The normalized spacial score (nSPS) is 17.9.